The molecule has 0 amide bonds. The predicted octanol–water partition coefficient (Wildman–Crippen LogP) is 4.43. The molecule has 0 spiro atoms. The van der Waals surface area contributed by atoms with Crippen LogP contribution in [0.15, 0.2) is 60.4 Å². The van der Waals surface area contributed by atoms with Crippen molar-refractivity contribution < 1.29 is 0 Å². The highest BCUT2D eigenvalue weighted by Gasteiger charge is 2.10. The lowest BCUT2D eigenvalue weighted by atomic mass is 10.1. The van der Waals surface area contributed by atoms with Gasteiger partial charge in [-0.25, -0.2) is 9.97 Å². The highest BCUT2D eigenvalue weighted by molar-refractivity contribution is 7.13. The average Bonchev–Trinajstić information content (AvgIpc) is 3.17. The SMILES string of the molecule is Cc1ccccc1-c1cnc2cnc(-c3cccs3)cn12. The Morgan fingerprint density at radius 1 is 1.00 bits per heavy atom. The van der Waals surface area contributed by atoms with Gasteiger partial charge in [-0.1, -0.05) is 30.3 Å². The van der Waals surface area contributed by atoms with E-state index in [9.17, 15) is 0 Å². The summed E-state index contributed by atoms with van der Waals surface area (Å²) < 4.78 is 2.12. The summed E-state index contributed by atoms with van der Waals surface area (Å²) in [4.78, 5) is 10.1. The quantitative estimate of drug-likeness (QED) is 0.547. The Morgan fingerprint density at radius 3 is 2.71 bits per heavy atom. The van der Waals surface area contributed by atoms with E-state index in [2.05, 4.69) is 63.2 Å². The number of thiophene rings is 1. The van der Waals surface area contributed by atoms with Crippen molar-refractivity contribution in [2.75, 3.05) is 0 Å². The monoisotopic (exact) mass is 291 g/mol. The molecule has 0 bridgehead atoms. The number of nitrogens with zero attached hydrogens (tertiary/aromatic N) is 3. The number of aryl methyl sites for hydroxylation is 1. The van der Waals surface area contributed by atoms with Crippen molar-refractivity contribution in [3.8, 4) is 21.8 Å². The largest absolute Gasteiger partial charge is 0.296 e. The number of hydrogen-bond donors (Lipinski definition) is 0. The van der Waals surface area contributed by atoms with Crippen LogP contribution in [-0.2, 0) is 0 Å². The summed E-state index contributed by atoms with van der Waals surface area (Å²) in [5.74, 6) is 0. The van der Waals surface area contributed by atoms with E-state index >= 15 is 0 Å². The Bertz CT molecular complexity index is 907. The maximum Gasteiger partial charge on any atom is 0.155 e. The van der Waals surface area contributed by atoms with Crippen molar-refractivity contribution in [1.82, 2.24) is 14.4 Å². The summed E-state index contributed by atoms with van der Waals surface area (Å²) in [5.41, 5.74) is 5.39. The van der Waals surface area contributed by atoms with E-state index in [-0.39, 0.29) is 0 Å². The molecule has 4 aromatic rings. The molecule has 4 heteroatoms. The van der Waals surface area contributed by atoms with Gasteiger partial charge in [0.1, 0.15) is 0 Å². The van der Waals surface area contributed by atoms with Gasteiger partial charge < -0.3 is 0 Å². The Hall–Kier alpha value is -2.46. The molecule has 0 saturated heterocycles. The van der Waals surface area contributed by atoms with Gasteiger partial charge in [0.05, 0.1) is 28.7 Å². The molecular formula is C17H13N3S. The topological polar surface area (TPSA) is 30.2 Å². The fourth-order valence-electron chi connectivity index (χ4n) is 2.50. The summed E-state index contributed by atoms with van der Waals surface area (Å²) in [6, 6.07) is 12.5. The highest BCUT2D eigenvalue weighted by Crippen LogP contribution is 2.27. The Kier molecular flexibility index (Phi) is 2.82. The van der Waals surface area contributed by atoms with Crippen LogP contribution >= 0.6 is 11.3 Å². The zero-order valence-corrected chi connectivity index (χ0v) is 12.3. The molecule has 21 heavy (non-hydrogen) atoms. The zero-order valence-electron chi connectivity index (χ0n) is 11.5. The number of hydrogen-bond acceptors (Lipinski definition) is 3. The fourth-order valence-corrected chi connectivity index (χ4v) is 3.19. The minimum Gasteiger partial charge on any atom is -0.296 e. The minimum atomic E-state index is 0.869. The van der Waals surface area contributed by atoms with Gasteiger partial charge in [0.15, 0.2) is 5.65 Å². The van der Waals surface area contributed by atoms with Crippen molar-refractivity contribution in [1.29, 1.82) is 0 Å². The predicted molar refractivity (Wildman–Crippen MR) is 86.5 cm³/mol. The van der Waals surface area contributed by atoms with Crippen LogP contribution in [0.25, 0.3) is 27.5 Å². The lowest BCUT2D eigenvalue weighted by molar-refractivity contribution is 1.14. The maximum absolute atomic E-state index is 4.51. The first-order chi connectivity index (χ1) is 10.3. The van der Waals surface area contributed by atoms with Gasteiger partial charge in [0.2, 0.25) is 0 Å². The Labute approximate surface area is 126 Å². The number of fused-ring (bicyclic) bond motifs is 1. The lowest BCUT2D eigenvalue weighted by Gasteiger charge is -2.06. The summed E-state index contributed by atoms with van der Waals surface area (Å²) in [7, 11) is 0. The van der Waals surface area contributed by atoms with E-state index in [0.29, 0.717) is 0 Å². The highest BCUT2D eigenvalue weighted by atomic mass is 32.1. The summed E-state index contributed by atoms with van der Waals surface area (Å²) in [5, 5.41) is 2.07. The molecule has 4 rings (SSSR count). The van der Waals surface area contributed by atoms with E-state index in [0.717, 1.165) is 17.0 Å². The van der Waals surface area contributed by atoms with Crippen LogP contribution in [0.1, 0.15) is 5.56 Å². The third kappa shape index (κ3) is 2.04. The molecule has 3 aromatic heterocycles. The first kappa shape index (κ1) is 12.3. The molecule has 3 heterocycles. The first-order valence-electron chi connectivity index (χ1n) is 6.76. The van der Waals surface area contributed by atoms with Crippen LogP contribution in [-0.4, -0.2) is 14.4 Å². The molecule has 0 aliphatic heterocycles. The van der Waals surface area contributed by atoms with E-state index in [1.165, 1.54) is 16.0 Å². The molecule has 1 aromatic carbocycles. The zero-order chi connectivity index (χ0) is 14.2. The minimum absolute atomic E-state index is 0.869. The van der Waals surface area contributed by atoms with Crippen LogP contribution in [0.4, 0.5) is 0 Å². The third-order valence-corrected chi connectivity index (χ3v) is 4.48. The normalized spacial score (nSPS) is 11.1. The lowest BCUT2D eigenvalue weighted by Crippen LogP contribution is -1.93. The number of imidazole rings is 1. The summed E-state index contributed by atoms with van der Waals surface area (Å²) >= 11 is 1.70. The van der Waals surface area contributed by atoms with Crippen molar-refractivity contribution in [2.45, 2.75) is 6.92 Å². The molecule has 3 nitrogen and oxygen atoms in total. The van der Waals surface area contributed by atoms with Crippen molar-refractivity contribution in [3.63, 3.8) is 0 Å². The molecular weight excluding hydrogens is 278 g/mol. The van der Waals surface area contributed by atoms with Crippen molar-refractivity contribution in [2.24, 2.45) is 0 Å². The molecule has 0 atom stereocenters. The second-order valence-electron chi connectivity index (χ2n) is 4.94. The van der Waals surface area contributed by atoms with Gasteiger partial charge in [-0.15, -0.1) is 11.3 Å². The molecule has 102 valence electrons. The Morgan fingerprint density at radius 2 is 1.90 bits per heavy atom. The molecule has 0 fully saturated rings. The fraction of sp³-hybridized carbons (Fsp3) is 0.0588. The molecule has 0 unspecified atom stereocenters. The van der Waals surface area contributed by atoms with Crippen LogP contribution in [0.5, 0.6) is 0 Å². The standard InChI is InChI=1S/C17H13N3S/c1-12-5-2-3-6-13(12)15-9-19-17-10-18-14(11-20(15)17)16-7-4-8-21-16/h2-11H,1H3. The third-order valence-electron chi connectivity index (χ3n) is 3.59. The van der Waals surface area contributed by atoms with Gasteiger partial charge in [-0.2, -0.15) is 0 Å². The average molecular weight is 291 g/mol. The second-order valence-corrected chi connectivity index (χ2v) is 5.88. The molecule has 0 radical (unpaired) electrons. The molecule has 0 aliphatic carbocycles. The van der Waals surface area contributed by atoms with Gasteiger partial charge >= 0.3 is 0 Å². The maximum atomic E-state index is 4.51. The molecule has 0 aliphatic rings. The second kappa shape index (κ2) is 4.82. The Balaban J connectivity index is 1.95. The smallest absolute Gasteiger partial charge is 0.155 e. The van der Waals surface area contributed by atoms with Crippen LogP contribution in [0.3, 0.4) is 0 Å². The van der Waals surface area contributed by atoms with Crippen LogP contribution in [0, 0.1) is 6.92 Å². The van der Waals surface area contributed by atoms with E-state index in [1.54, 1.807) is 11.3 Å². The van der Waals surface area contributed by atoms with Crippen molar-refractivity contribution >= 4 is 17.0 Å². The summed E-state index contributed by atoms with van der Waals surface area (Å²) in [6.07, 6.45) is 5.81. The van der Waals surface area contributed by atoms with Crippen LogP contribution in [0.2, 0.25) is 0 Å². The van der Waals surface area contributed by atoms with Gasteiger partial charge in [0, 0.05) is 11.8 Å². The van der Waals surface area contributed by atoms with Gasteiger partial charge in [0.25, 0.3) is 0 Å². The van der Waals surface area contributed by atoms with E-state index in [1.807, 2.05) is 18.5 Å². The number of rotatable bonds is 2. The molecule has 0 saturated carbocycles. The molecule has 0 N–H and O–H groups in total. The van der Waals surface area contributed by atoms with E-state index in [4.69, 9.17) is 0 Å². The number of aromatic nitrogens is 3. The van der Waals surface area contributed by atoms with E-state index < -0.39 is 0 Å². The number of benzene rings is 1. The van der Waals surface area contributed by atoms with Gasteiger partial charge in [-0.05, 0) is 23.9 Å². The van der Waals surface area contributed by atoms with Crippen LogP contribution < -0.4 is 0 Å². The van der Waals surface area contributed by atoms with Gasteiger partial charge in [-0.3, -0.25) is 4.40 Å². The van der Waals surface area contributed by atoms with Crippen molar-refractivity contribution in [3.05, 3.63) is 65.9 Å². The first-order valence-corrected chi connectivity index (χ1v) is 7.64. The summed E-state index contributed by atoms with van der Waals surface area (Å²) in [6.45, 7) is 2.12.